The number of carbonyl (C=O) groups is 3. The summed E-state index contributed by atoms with van der Waals surface area (Å²) in [4.78, 5) is 55.3. The van der Waals surface area contributed by atoms with Gasteiger partial charge in [-0.05, 0) is 93.7 Å². The molecule has 0 saturated carbocycles. The minimum absolute atomic E-state index is 0.142. The quantitative estimate of drug-likeness (QED) is 0.180. The zero-order valence-corrected chi connectivity index (χ0v) is 32.8. The molecule has 10 rings (SSSR count). The second-order valence-electron chi connectivity index (χ2n) is 16.6. The molecule has 15 heteroatoms. The van der Waals surface area contributed by atoms with Gasteiger partial charge in [0.25, 0.3) is 5.91 Å². The van der Waals surface area contributed by atoms with Gasteiger partial charge in [0.1, 0.15) is 35.4 Å². The Morgan fingerprint density at radius 2 is 1.56 bits per heavy atom. The molecule has 0 radical (unpaired) electrons. The second kappa shape index (κ2) is 15.4. The number of rotatable bonds is 9. The largest absolute Gasteiger partial charge is 0.457 e. The number of nitrogens with two attached hydrogens (primary N) is 1. The third-order valence-corrected chi connectivity index (χ3v) is 13.0. The standard InChI is InChI=1S/C44H48N10O5/c45-40-38-39(28-6-9-33(10-7-28)59-32-4-2-1-3-5-32)49-54(41(38)47-26-46-40)30-16-20-51(21-17-30)29-14-18-50(19-15-29)23-27-24-52(25-27)31-8-11-34-35(22-31)44(58)53(43(34)57)36-12-13-37(55)48-42(36)56/h1-11,22,26-27,29-30,36,43,57H,12-21,23-25H2,(H2,45,46,47)(H,48,55,56). The molecule has 2 unspecified atom stereocenters. The summed E-state index contributed by atoms with van der Waals surface area (Å²) in [7, 11) is 0. The van der Waals surface area contributed by atoms with Crippen LogP contribution in [-0.2, 0) is 9.59 Å². The predicted octanol–water partition coefficient (Wildman–Crippen LogP) is 4.36. The summed E-state index contributed by atoms with van der Waals surface area (Å²) >= 11 is 0. The first kappa shape index (κ1) is 37.4. The number of nitrogens with one attached hydrogen (secondary N) is 1. The highest BCUT2D eigenvalue weighted by Gasteiger charge is 2.45. The molecule has 5 aromatic rings. The first-order valence-electron chi connectivity index (χ1n) is 20.8. The fraction of sp³-hybridized carbons (Fsp3) is 0.409. The van der Waals surface area contributed by atoms with Gasteiger partial charge in [-0.2, -0.15) is 5.10 Å². The van der Waals surface area contributed by atoms with Gasteiger partial charge in [-0.15, -0.1) is 0 Å². The fourth-order valence-corrected chi connectivity index (χ4v) is 9.79. The van der Waals surface area contributed by atoms with Crippen molar-refractivity contribution in [2.24, 2.45) is 5.92 Å². The van der Waals surface area contributed by atoms with Crippen molar-refractivity contribution in [1.82, 2.24) is 39.8 Å². The molecule has 15 nitrogen and oxygen atoms in total. The SMILES string of the molecule is Nc1ncnc2c1c(-c1ccc(Oc3ccccc3)cc1)nn2C1CCN(C2CCN(CC3CN(c4ccc5c(c4)C(=O)N(C4CCC(=O)NC4=O)C5O)C3)CC2)CC1. The van der Waals surface area contributed by atoms with Crippen LogP contribution in [0.1, 0.15) is 66.7 Å². The molecule has 4 N–H and O–H groups in total. The van der Waals surface area contributed by atoms with Gasteiger partial charge < -0.3 is 30.3 Å². The van der Waals surface area contributed by atoms with Gasteiger partial charge in [-0.25, -0.2) is 14.6 Å². The molecule has 5 aliphatic rings. The molecule has 2 aromatic heterocycles. The number of likely N-dealkylation sites (tertiary alicyclic amines) is 2. The number of aliphatic hydroxyl groups is 1. The molecule has 7 heterocycles. The molecule has 4 saturated heterocycles. The normalized spacial score (nSPS) is 22.5. The van der Waals surface area contributed by atoms with Gasteiger partial charge in [0.05, 0.1) is 11.4 Å². The first-order valence-corrected chi connectivity index (χ1v) is 20.8. The Morgan fingerprint density at radius 3 is 2.31 bits per heavy atom. The van der Waals surface area contributed by atoms with E-state index in [0.29, 0.717) is 28.9 Å². The third-order valence-electron chi connectivity index (χ3n) is 13.0. The van der Waals surface area contributed by atoms with Gasteiger partial charge in [-0.3, -0.25) is 24.6 Å². The van der Waals surface area contributed by atoms with Crippen LogP contribution in [0.15, 0.2) is 79.1 Å². The van der Waals surface area contributed by atoms with E-state index in [4.69, 9.17) is 15.6 Å². The number of ether oxygens (including phenoxy) is 1. The number of hydrogen-bond acceptors (Lipinski definition) is 12. The summed E-state index contributed by atoms with van der Waals surface area (Å²) < 4.78 is 8.10. The van der Waals surface area contributed by atoms with E-state index in [1.54, 1.807) is 6.07 Å². The molecule has 3 amide bonds. The number of benzene rings is 3. The highest BCUT2D eigenvalue weighted by Crippen LogP contribution is 2.39. The lowest BCUT2D eigenvalue weighted by atomic mass is 9.94. The Bertz CT molecular complexity index is 2380. The van der Waals surface area contributed by atoms with E-state index >= 15 is 0 Å². The number of anilines is 2. The van der Waals surface area contributed by atoms with Crippen molar-refractivity contribution in [3.63, 3.8) is 0 Å². The van der Waals surface area contributed by atoms with Gasteiger partial charge in [-0.1, -0.05) is 24.3 Å². The van der Waals surface area contributed by atoms with Crippen LogP contribution in [0.3, 0.4) is 0 Å². The van der Waals surface area contributed by atoms with Gasteiger partial charge >= 0.3 is 0 Å². The fourth-order valence-electron chi connectivity index (χ4n) is 9.79. The van der Waals surface area contributed by atoms with Crippen molar-refractivity contribution in [3.8, 4) is 22.8 Å². The van der Waals surface area contributed by atoms with Crippen LogP contribution < -0.4 is 20.7 Å². The molecule has 0 spiro atoms. The number of hydrogen-bond donors (Lipinski definition) is 3. The zero-order valence-electron chi connectivity index (χ0n) is 32.8. The Kier molecular flexibility index (Phi) is 9.73. The van der Waals surface area contributed by atoms with Crippen LogP contribution in [0, 0.1) is 5.92 Å². The van der Waals surface area contributed by atoms with Crippen molar-refractivity contribution in [2.75, 3.05) is 56.4 Å². The monoisotopic (exact) mass is 796 g/mol. The molecular weight excluding hydrogens is 749 g/mol. The minimum Gasteiger partial charge on any atom is -0.457 e. The van der Waals surface area contributed by atoms with Crippen LogP contribution >= 0.6 is 0 Å². The number of nitrogen functional groups attached to an aromatic ring is 1. The highest BCUT2D eigenvalue weighted by atomic mass is 16.5. The van der Waals surface area contributed by atoms with E-state index in [9.17, 15) is 19.5 Å². The molecule has 3 aromatic carbocycles. The lowest BCUT2D eigenvalue weighted by Gasteiger charge is -2.46. The van der Waals surface area contributed by atoms with Gasteiger partial charge in [0.2, 0.25) is 11.8 Å². The number of piperidine rings is 3. The van der Waals surface area contributed by atoms with Crippen molar-refractivity contribution in [1.29, 1.82) is 0 Å². The van der Waals surface area contributed by atoms with Gasteiger partial charge in [0.15, 0.2) is 11.9 Å². The maximum absolute atomic E-state index is 13.4. The van der Waals surface area contributed by atoms with E-state index in [-0.39, 0.29) is 30.7 Å². The number of fused-ring (bicyclic) bond motifs is 2. The summed E-state index contributed by atoms with van der Waals surface area (Å²) in [5.74, 6) is 1.25. The molecule has 304 valence electrons. The third kappa shape index (κ3) is 7.06. The van der Waals surface area contributed by atoms with Crippen LogP contribution in [0.2, 0.25) is 0 Å². The first-order chi connectivity index (χ1) is 28.8. The van der Waals surface area contributed by atoms with Crippen molar-refractivity contribution >= 4 is 40.3 Å². The molecule has 5 aliphatic heterocycles. The van der Waals surface area contributed by atoms with E-state index < -0.39 is 18.2 Å². The molecule has 2 atom stereocenters. The maximum atomic E-state index is 13.4. The minimum atomic E-state index is -1.20. The van der Waals surface area contributed by atoms with Gasteiger partial charge in [0, 0.05) is 73.5 Å². The van der Waals surface area contributed by atoms with E-state index in [1.807, 2.05) is 66.7 Å². The average Bonchev–Trinajstić information content (AvgIpc) is 3.75. The number of para-hydroxylation sites is 1. The van der Waals surface area contributed by atoms with Crippen molar-refractivity contribution in [3.05, 3.63) is 90.3 Å². The summed E-state index contributed by atoms with van der Waals surface area (Å²) in [5.41, 5.74) is 10.8. The molecule has 4 fully saturated rings. The molecule has 59 heavy (non-hydrogen) atoms. The van der Waals surface area contributed by atoms with Crippen LogP contribution in [0.5, 0.6) is 11.5 Å². The number of aliphatic hydroxyl groups excluding tert-OH is 1. The summed E-state index contributed by atoms with van der Waals surface area (Å²) in [5, 5.41) is 19.2. The Hall–Kier alpha value is -5.90. The van der Waals surface area contributed by atoms with Crippen molar-refractivity contribution in [2.45, 2.75) is 62.9 Å². The highest BCUT2D eigenvalue weighted by molar-refractivity contribution is 6.06. The Morgan fingerprint density at radius 1 is 0.831 bits per heavy atom. The number of aromatic nitrogens is 4. The average molecular weight is 797 g/mol. The maximum Gasteiger partial charge on any atom is 0.257 e. The number of nitrogens with zero attached hydrogens (tertiary/aromatic N) is 8. The summed E-state index contributed by atoms with van der Waals surface area (Å²) in [6, 6.07) is 23.2. The topological polar surface area (TPSA) is 175 Å². The molecule has 0 bridgehead atoms. The molecule has 0 aliphatic carbocycles. The zero-order chi connectivity index (χ0) is 40.2. The predicted molar refractivity (Wildman–Crippen MR) is 220 cm³/mol. The second-order valence-corrected chi connectivity index (χ2v) is 16.6. The summed E-state index contributed by atoms with van der Waals surface area (Å²) in [6.07, 6.45) is 4.97. The number of amides is 3. The van der Waals surface area contributed by atoms with E-state index in [2.05, 4.69) is 34.7 Å². The lowest BCUT2D eigenvalue weighted by Crippen LogP contribution is -2.54. The summed E-state index contributed by atoms with van der Waals surface area (Å²) in [6.45, 7) is 7.08. The molecular formula is C44H48N10O5. The number of carbonyl (C=O) groups excluding carboxylic acids is 3. The van der Waals surface area contributed by atoms with E-state index in [0.717, 1.165) is 111 Å². The van der Waals surface area contributed by atoms with Crippen molar-refractivity contribution < 1.29 is 24.2 Å². The van der Waals surface area contributed by atoms with Crippen LogP contribution in [0.25, 0.3) is 22.3 Å². The van der Waals surface area contributed by atoms with Crippen LogP contribution in [0.4, 0.5) is 11.5 Å². The van der Waals surface area contributed by atoms with E-state index in [1.165, 1.54) is 11.2 Å². The smallest absolute Gasteiger partial charge is 0.257 e. The Balaban J connectivity index is 0.710. The Labute approximate surface area is 341 Å². The lowest BCUT2D eigenvalue weighted by molar-refractivity contribution is -0.139. The number of imide groups is 1. The van der Waals surface area contributed by atoms with Crippen LogP contribution in [-0.4, -0.2) is 115 Å².